The standard InChI is InChI=1S/C24H22ClFN4/c25-21-12-10-18(11-13-21)17-30-28-23(24(29-30)20-7-2-1-3-8-20)16-27-15-14-19-6-4-5-9-22(19)26/h1-13,27H,14-17H2. The van der Waals surface area contributed by atoms with Crippen molar-refractivity contribution in [3.8, 4) is 11.3 Å². The van der Waals surface area contributed by atoms with Crippen molar-refractivity contribution in [2.45, 2.75) is 19.5 Å². The highest BCUT2D eigenvalue weighted by atomic mass is 35.5. The molecule has 0 aliphatic carbocycles. The molecule has 0 spiro atoms. The highest BCUT2D eigenvalue weighted by Crippen LogP contribution is 2.20. The zero-order chi connectivity index (χ0) is 20.8. The van der Waals surface area contributed by atoms with Gasteiger partial charge >= 0.3 is 0 Å². The van der Waals surface area contributed by atoms with Gasteiger partial charge in [-0.15, -0.1) is 0 Å². The summed E-state index contributed by atoms with van der Waals surface area (Å²) in [4.78, 5) is 1.71. The molecule has 0 unspecified atom stereocenters. The molecule has 1 N–H and O–H groups in total. The van der Waals surface area contributed by atoms with E-state index in [0.717, 1.165) is 22.5 Å². The summed E-state index contributed by atoms with van der Waals surface area (Å²) in [5.41, 5.74) is 4.52. The van der Waals surface area contributed by atoms with E-state index in [9.17, 15) is 4.39 Å². The van der Waals surface area contributed by atoms with Gasteiger partial charge in [0, 0.05) is 17.1 Å². The van der Waals surface area contributed by atoms with E-state index in [2.05, 4.69) is 5.32 Å². The predicted molar refractivity (Wildman–Crippen MR) is 118 cm³/mol. The molecule has 30 heavy (non-hydrogen) atoms. The van der Waals surface area contributed by atoms with Crippen molar-refractivity contribution >= 4 is 11.6 Å². The molecule has 0 aliphatic heterocycles. The smallest absolute Gasteiger partial charge is 0.126 e. The van der Waals surface area contributed by atoms with Crippen LogP contribution < -0.4 is 5.32 Å². The Morgan fingerprint density at radius 2 is 1.60 bits per heavy atom. The molecule has 6 heteroatoms. The van der Waals surface area contributed by atoms with Gasteiger partial charge in [-0.25, -0.2) is 4.39 Å². The van der Waals surface area contributed by atoms with Gasteiger partial charge in [-0.05, 0) is 42.3 Å². The first kappa shape index (κ1) is 20.3. The maximum atomic E-state index is 13.8. The lowest BCUT2D eigenvalue weighted by Crippen LogP contribution is -2.18. The maximum Gasteiger partial charge on any atom is 0.126 e. The second kappa shape index (κ2) is 9.65. The summed E-state index contributed by atoms with van der Waals surface area (Å²) in [6, 6.07) is 24.6. The first-order valence-corrected chi connectivity index (χ1v) is 10.2. The van der Waals surface area contributed by atoms with Crippen molar-refractivity contribution in [1.29, 1.82) is 0 Å². The van der Waals surface area contributed by atoms with Crippen molar-refractivity contribution in [2.75, 3.05) is 6.54 Å². The summed E-state index contributed by atoms with van der Waals surface area (Å²) in [6.45, 7) is 1.77. The lowest BCUT2D eigenvalue weighted by atomic mass is 10.1. The molecular formula is C24H22ClFN4. The summed E-state index contributed by atoms with van der Waals surface area (Å²) in [7, 11) is 0. The Kier molecular flexibility index (Phi) is 6.52. The number of aromatic nitrogens is 3. The number of halogens is 2. The molecule has 0 fully saturated rings. The molecule has 0 aliphatic rings. The Morgan fingerprint density at radius 3 is 2.37 bits per heavy atom. The fourth-order valence-corrected chi connectivity index (χ4v) is 3.40. The molecule has 4 rings (SSSR count). The Bertz CT molecular complexity index is 1090. The minimum Gasteiger partial charge on any atom is -0.311 e. The lowest BCUT2D eigenvalue weighted by molar-refractivity contribution is 0.573. The van der Waals surface area contributed by atoms with Crippen LogP contribution in [0.2, 0.25) is 5.02 Å². The van der Waals surface area contributed by atoms with E-state index in [-0.39, 0.29) is 5.82 Å². The maximum absolute atomic E-state index is 13.8. The molecular weight excluding hydrogens is 399 g/mol. The molecule has 4 nitrogen and oxygen atoms in total. The molecule has 0 saturated carbocycles. The Morgan fingerprint density at radius 1 is 0.867 bits per heavy atom. The zero-order valence-electron chi connectivity index (χ0n) is 16.4. The van der Waals surface area contributed by atoms with Crippen molar-refractivity contribution in [1.82, 2.24) is 20.3 Å². The second-order valence-corrected chi connectivity index (χ2v) is 7.47. The van der Waals surface area contributed by atoms with Crippen LogP contribution in [0.4, 0.5) is 4.39 Å². The number of benzene rings is 3. The van der Waals surface area contributed by atoms with Crippen molar-refractivity contribution in [2.24, 2.45) is 0 Å². The van der Waals surface area contributed by atoms with Gasteiger partial charge in [-0.1, -0.05) is 72.3 Å². The molecule has 0 amide bonds. The van der Waals surface area contributed by atoms with Crippen LogP contribution in [0.1, 0.15) is 16.8 Å². The third-order valence-electron chi connectivity index (χ3n) is 4.83. The van der Waals surface area contributed by atoms with Gasteiger partial charge in [-0.2, -0.15) is 15.0 Å². The molecule has 3 aromatic carbocycles. The second-order valence-electron chi connectivity index (χ2n) is 7.04. The quantitative estimate of drug-likeness (QED) is 0.402. The Labute approximate surface area is 180 Å². The van der Waals surface area contributed by atoms with Crippen molar-refractivity contribution < 1.29 is 4.39 Å². The van der Waals surface area contributed by atoms with Gasteiger partial charge in [0.15, 0.2) is 0 Å². The van der Waals surface area contributed by atoms with Gasteiger partial charge < -0.3 is 5.32 Å². The van der Waals surface area contributed by atoms with Crippen LogP contribution in [0.25, 0.3) is 11.3 Å². The highest BCUT2D eigenvalue weighted by Gasteiger charge is 2.13. The van der Waals surface area contributed by atoms with Crippen molar-refractivity contribution in [3.05, 3.63) is 107 Å². The Balaban J connectivity index is 1.48. The summed E-state index contributed by atoms with van der Waals surface area (Å²) < 4.78 is 13.8. The average molecular weight is 421 g/mol. The molecule has 0 atom stereocenters. The summed E-state index contributed by atoms with van der Waals surface area (Å²) in [5, 5.41) is 13.5. The van der Waals surface area contributed by atoms with Crippen LogP contribution in [0, 0.1) is 5.82 Å². The lowest BCUT2D eigenvalue weighted by Gasteiger charge is -2.05. The zero-order valence-corrected chi connectivity index (χ0v) is 17.2. The molecule has 4 aromatic rings. The van der Waals surface area contributed by atoms with E-state index in [4.69, 9.17) is 21.8 Å². The van der Waals surface area contributed by atoms with Crippen LogP contribution in [0.15, 0.2) is 78.9 Å². The van der Waals surface area contributed by atoms with E-state index in [1.807, 2.05) is 66.7 Å². The normalized spacial score (nSPS) is 11.0. The number of nitrogens with zero attached hydrogens (tertiary/aromatic N) is 3. The average Bonchev–Trinajstić information content (AvgIpc) is 3.17. The van der Waals surface area contributed by atoms with Crippen molar-refractivity contribution in [3.63, 3.8) is 0 Å². The van der Waals surface area contributed by atoms with Gasteiger partial charge in [0.25, 0.3) is 0 Å². The first-order valence-electron chi connectivity index (χ1n) is 9.87. The summed E-state index contributed by atoms with van der Waals surface area (Å²) >= 11 is 5.98. The molecule has 1 heterocycles. The van der Waals surface area contributed by atoms with Gasteiger partial charge in [0.1, 0.15) is 17.2 Å². The molecule has 0 saturated heterocycles. The number of hydrogen-bond acceptors (Lipinski definition) is 3. The molecule has 1 aromatic heterocycles. The van der Waals surface area contributed by atoms with Crippen LogP contribution in [0.5, 0.6) is 0 Å². The van der Waals surface area contributed by atoms with Gasteiger partial charge in [-0.3, -0.25) is 0 Å². The molecule has 0 radical (unpaired) electrons. The Hall–Kier alpha value is -3.02. The molecule has 152 valence electrons. The topological polar surface area (TPSA) is 42.7 Å². The fraction of sp³-hybridized carbons (Fsp3) is 0.167. The number of nitrogens with one attached hydrogen (secondary N) is 1. The largest absolute Gasteiger partial charge is 0.311 e. The van der Waals surface area contributed by atoms with Gasteiger partial charge in [0.2, 0.25) is 0 Å². The van der Waals surface area contributed by atoms with Crippen LogP contribution >= 0.6 is 11.6 Å². The van der Waals surface area contributed by atoms with E-state index in [1.54, 1.807) is 10.9 Å². The highest BCUT2D eigenvalue weighted by molar-refractivity contribution is 6.30. The predicted octanol–water partition coefficient (Wildman–Crippen LogP) is 5.12. The van der Waals surface area contributed by atoms with Crippen LogP contribution in [-0.4, -0.2) is 21.5 Å². The summed E-state index contributed by atoms with van der Waals surface area (Å²) in [5.74, 6) is -0.168. The fourth-order valence-electron chi connectivity index (χ4n) is 3.28. The number of hydrogen-bond donors (Lipinski definition) is 1. The number of rotatable bonds is 8. The van der Waals surface area contributed by atoms with Crippen LogP contribution in [0.3, 0.4) is 0 Å². The van der Waals surface area contributed by atoms with E-state index < -0.39 is 0 Å². The van der Waals surface area contributed by atoms with E-state index >= 15 is 0 Å². The third kappa shape index (κ3) is 5.12. The van der Waals surface area contributed by atoms with Gasteiger partial charge in [0.05, 0.1) is 6.54 Å². The monoisotopic (exact) mass is 420 g/mol. The SMILES string of the molecule is Fc1ccccc1CCNCc1nn(Cc2ccc(Cl)cc2)nc1-c1ccccc1. The summed E-state index contributed by atoms with van der Waals surface area (Å²) in [6.07, 6.45) is 0.617. The first-order chi connectivity index (χ1) is 14.7. The minimum absolute atomic E-state index is 0.168. The minimum atomic E-state index is -0.168. The van der Waals surface area contributed by atoms with E-state index in [0.29, 0.717) is 36.6 Å². The van der Waals surface area contributed by atoms with E-state index in [1.165, 1.54) is 6.07 Å². The van der Waals surface area contributed by atoms with Crippen LogP contribution in [-0.2, 0) is 19.5 Å². The molecule has 0 bridgehead atoms. The third-order valence-corrected chi connectivity index (χ3v) is 5.08.